The maximum absolute atomic E-state index is 12.2. The zero-order valence-electron chi connectivity index (χ0n) is 15.8. The van der Waals surface area contributed by atoms with Crippen molar-refractivity contribution in [3.63, 3.8) is 0 Å². The van der Waals surface area contributed by atoms with Crippen molar-refractivity contribution in [3.8, 4) is 11.5 Å². The molecule has 7 nitrogen and oxygen atoms in total. The summed E-state index contributed by atoms with van der Waals surface area (Å²) >= 11 is 0. The van der Waals surface area contributed by atoms with Gasteiger partial charge in [0.1, 0.15) is 11.5 Å². The molecule has 0 aliphatic heterocycles. The highest BCUT2D eigenvalue weighted by Crippen LogP contribution is 2.28. The van der Waals surface area contributed by atoms with Gasteiger partial charge in [0.2, 0.25) is 5.91 Å². The number of methoxy groups -OCH3 is 2. The third kappa shape index (κ3) is 5.91. The number of amides is 2. The van der Waals surface area contributed by atoms with Gasteiger partial charge in [0, 0.05) is 23.9 Å². The first kappa shape index (κ1) is 20.1. The maximum Gasteiger partial charge on any atom is 0.251 e. The van der Waals surface area contributed by atoms with Gasteiger partial charge in [0.05, 0.1) is 26.5 Å². The molecule has 0 fully saturated rings. The van der Waals surface area contributed by atoms with Crippen molar-refractivity contribution in [2.45, 2.75) is 13.3 Å². The summed E-state index contributed by atoms with van der Waals surface area (Å²) in [5.74, 6) is 0.783. The Hall–Kier alpha value is -3.22. The second-order valence-corrected chi connectivity index (χ2v) is 5.80. The number of carbonyl (C=O) groups excluding carboxylic acids is 2. The van der Waals surface area contributed by atoms with Crippen LogP contribution in [0.15, 0.2) is 42.5 Å². The lowest BCUT2D eigenvalue weighted by Crippen LogP contribution is -2.24. The fourth-order valence-electron chi connectivity index (χ4n) is 2.39. The van der Waals surface area contributed by atoms with Crippen LogP contribution in [0.1, 0.15) is 23.7 Å². The number of nitrogens with one attached hydrogen (secondary N) is 3. The fraction of sp³-hybridized carbons (Fsp3) is 0.300. The number of hydrogen-bond acceptors (Lipinski definition) is 5. The van der Waals surface area contributed by atoms with Crippen molar-refractivity contribution in [2.75, 3.05) is 37.9 Å². The summed E-state index contributed by atoms with van der Waals surface area (Å²) in [5, 5.41) is 8.63. The van der Waals surface area contributed by atoms with Crippen LogP contribution in [0.3, 0.4) is 0 Å². The normalized spacial score (nSPS) is 10.0. The van der Waals surface area contributed by atoms with Gasteiger partial charge in [0.15, 0.2) is 0 Å². The Morgan fingerprint density at radius 3 is 2.56 bits per heavy atom. The number of carbonyl (C=O) groups is 2. The lowest BCUT2D eigenvalue weighted by molar-refractivity contribution is -0.114. The average Bonchev–Trinajstić information content (AvgIpc) is 2.71. The highest BCUT2D eigenvalue weighted by atomic mass is 16.5. The van der Waals surface area contributed by atoms with Crippen LogP contribution in [0, 0.1) is 0 Å². The van der Waals surface area contributed by atoms with E-state index in [1.54, 1.807) is 49.6 Å². The monoisotopic (exact) mass is 371 g/mol. The van der Waals surface area contributed by atoms with Crippen LogP contribution >= 0.6 is 0 Å². The maximum atomic E-state index is 12.2. The number of ether oxygens (including phenoxy) is 2. The van der Waals surface area contributed by atoms with Crippen molar-refractivity contribution >= 4 is 23.2 Å². The zero-order chi connectivity index (χ0) is 19.6. The molecule has 0 unspecified atom stereocenters. The van der Waals surface area contributed by atoms with Crippen LogP contribution in [-0.4, -0.2) is 39.1 Å². The van der Waals surface area contributed by atoms with E-state index in [4.69, 9.17) is 9.47 Å². The molecule has 2 aromatic carbocycles. The molecule has 0 aliphatic carbocycles. The summed E-state index contributed by atoms with van der Waals surface area (Å²) in [6.07, 6.45) is 0.874. The van der Waals surface area contributed by atoms with Crippen molar-refractivity contribution in [1.29, 1.82) is 0 Å². The highest BCUT2D eigenvalue weighted by molar-refractivity contribution is 5.96. The van der Waals surface area contributed by atoms with Gasteiger partial charge < -0.3 is 25.4 Å². The molecule has 27 heavy (non-hydrogen) atoms. The molecular formula is C20H25N3O4. The predicted octanol–water partition coefficient (Wildman–Crippen LogP) is 2.89. The van der Waals surface area contributed by atoms with Gasteiger partial charge in [-0.3, -0.25) is 9.59 Å². The quantitative estimate of drug-likeness (QED) is 0.631. The smallest absolute Gasteiger partial charge is 0.251 e. The first-order chi connectivity index (χ1) is 13.1. The molecule has 2 rings (SSSR count). The third-order valence-electron chi connectivity index (χ3n) is 3.80. The van der Waals surface area contributed by atoms with Gasteiger partial charge in [-0.2, -0.15) is 0 Å². The molecule has 2 amide bonds. The summed E-state index contributed by atoms with van der Waals surface area (Å²) in [4.78, 5) is 24.2. The van der Waals surface area contributed by atoms with Gasteiger partial charge in [-0.25, -0.2) is 0 Å². The molecule has 7 heteroatoms. The molecule has 0 bridgehead atoms. The molecule has 0 saturated heterocycles. The third-order valence-corrected chi connectivity index (χ3v) is 3.80. The summed E-state index contributed by atoms with van der Waals surface area (Å²) in [5.41, 5.74) is 1.79. The van der Waals surface area contributed by atoms with Crippen molar-refractivity contribution < 1.29 is 19.1 Å². The van der Waals surface area contributed by atoms with E-state index >= 15 is 0 Å². The molecule has 0 saturated carbocycles. The van der Waals surface area contributed by atoms with Gasteiger partial charge in [-0.1, -0.05) is 13.0 Å². The average molecular weight is 371 g/mol. The molecule has 0 spiro atoms. The second kappa shape index (κ2) is 10.1. The summed E-state index contributed by atoms with van der Waals surface area (Å²) in [6.45, 7) is 2.67. The number of rotatable bonds is 9. The standard InChI is InChI=1S/C20H25N3O4/c1-4-10-21-20(25)14-6-5-7-15(11-14)22-13-19(24)23-17-9-8-16(26-2)12-18(17)27-3/h5-9,11-12,22H,4,10,13H2,1-3H3,(H,21,25)(H,23,24). The van der Waals surface area contributed by atoms with E-state index in [9.17, 15) is 9.59 Å². The number of benzene rings is 2. The molecule has 2 aromatic rings. The predicted molar refractivity (Wildman–Crippen MR) is 106 cm³/mol. The van der Waals surface area contributed by atoms with E-state index < -0.39 is 0 Å². The number of hydrogen-bond donors (Lipinski definition) is 3. The summed E-state index contributed by atoms with van der Waals surface area (Å²) in [6, 6.07) is 12.2. The van der Waals surface area contributed by atoms with Gasteiger partial charge >= 0.3 is 0 Å². The van der Waals surface area contributed by atoms with Gasteiger partial charge in [-0.15, -0.1) is 0 Å². The molecule has 0 heterocycles. The Balaban J connectivity index is 1.95. The van der Waals surface area contributed by atoms with Gasteiger partial charge in [0.25, 0.3) is 5.91 Å². The van der Waals surface area contributed by atoms with E-state index in [0.717, 1.165) is 6.42 Å². The molecule has 0 aromatic heterocycles. The largest absolute Gasteiger partial charge is 0.497 e. The highest BCUT2D eigenvalue weighted by Gasteiger charge is 2.10. The van der Waals surface area contributed by atoms with E-state index in [1.807, 2.05) is 6.92 Å². The fourth-order valence-corrected chi connectivity index (χ4v) is 2.39. The minimum Gasteiger partial charge on any atom is -0.497 e. The Bertz CT molecular complexity index is 793. The topological polar surface area (TPSA) is 88.7 Å². The van der Waals surface area contributed by atoms with Crippen LogP contribution in [0.4, 0.5) is 11.4 Å². The van der Waals surface area contributed by atoms with Crippen molar-refractivity contribution in [3.05, 3.63) is 48.0 Å². The first-order valence-electron chi connectivity index (χ1n) is 8.71. The van der Waals surface area contributed by atoms with E-state index in [0.29, 0.717) is 35.0 Å². The molecule has 144 valence electrons. The lowest BCUT2D eigenvalue weighted by Gasteiger charge is -2.12. The van der Waals surface area contributed by atoms with Crippen molar-refractivity contribution in [1.82, 2.24) is 5.32 Å². The first-order valence-corrected chi connectivity index (χ1v) is 8.71. The molecule has 0 atom stereocenters. The van der Waals surface area contributed by atoms with E-state index in [2.05, 4.69) is 16.0 Å². The Kier molecular flexibility index (Phi) is 7.49. The van der Waals surface area contributed by atoms with Crippen LogP contribution < -0.4 is 25.4 Å². The summed E-state index contributed by atoms with van der Waals surface area (Å²) in [7, 11) is 3.09. The van der Waals surface area contributed by atoms with Crippen LogP contribution in [0.25, 0.3) is 0 Å². The zero-order valence-corrected chi connectivity index (χ0v) is 15.8. The van der Waals surface area contributed by atoms with Crippen LogP contribution in [0.2, 0.25) is 0 Å². The van der Waals surface area contributed by atoms with Crippen molar-refractivity contribution in [2.24, 2.45) is 0 Å². The molecular weight excluding hydrogens is 346 g/mol. The SMILES string of the molecule is CCCNC(=O)c1cccc(NCC(=O)Nc2ccc(OC)cc2OC)c1. The van der Waals surface area contributed by atoms with Crippen LogP contribution in [0.5, 0.6) is 11.5 Å². The minimum atomic E-state index is -0.237. The van der Waals surface area contributed by atoms with E-state index in [1.165, 1.54) is 7.11 Å². The second-order valence-electron chi connectivity index (χ2n) is 5.80. The minimum absolute atomic E-state index is 0.0508. The Labute approximate surface area is 159 Å². The Morgan fingerprint density at radius 1 is 1.04 bits per heavy atom. The molecule has 0 aliphatic rings. The van der Waals surface area contributed by atoms with Gasteiger partial charge in [-0.05, 0) is 36.8 Å². The number of anilines is 2. The van der Waals surface area contributed by atoms with E-state index in [-0.39, 0.29) is 18.4 Å². The van der Waals surface area contributed by atoms with Crippen LogP contribution in [-0.2, 0) is 4.79 Å². The summed E-state index contributed by atoms with van der Waals surface area (Å²) < 4.78 is 10.4. The molecule has 3 N–H and O–H groups in total. The lowest BCUT2D eigenvalue weighted by atomic mass is 10.2. The Morgan fingerprint density at radius 2 is 1.85 bits per heavy atom. The molecule has 0 radical (unpaired) electrons.